The molecule has 1 aliphatic carbocycles. The molecule has 0 amide bonds. The molecular weight excluding hydrogens is 162 g/mol. The molecule has 0 spiro atoms. The van der Waals surface area contributed by atoms with Crippen molar-refractivity contribution in [3.63, 3.8) is 0 Å². The summed E-state index contributed by atoms with van der Waals surface area (Å²) in [6.45, 7) is 5.60. The summed E-state index contributed by atoms with van der Waals surface area (Å²) in [5, 5.41) is 13.7. The topological polar surface area (TPSA) is 32.3 Å². The van der Waals surface area contributed by atoms with Gasteiger partial charge in [-0.1, -0.05) is 13.8 Å². The van der Waals surface area contributed by atoms with Crippen molar-refractivity contribution in [3.8, 4) is 0 Å². The van der Waals surface area contributed by atoms with Gasteiger partial charge in [0.15, 0.2) is 0 Å². The maximum absolute atomic E-state index is 10.3. The van der Waals surface area contributed by atoms with Crippen molar-refractivity contribution >= 4 is 0 Å². The predicted octanol–water partition coefficient (Wildman–Crippen LogP) is 1.54. The van der Waals surface area contributed by atoms with Crippen molar-refractivity contribution in [2.75, 3.05) is 6.54 Å². The van der Waals surface area contributed by atoms with E-state index in [1.54, 1.807) is 0 Å². The van der Waals surface area contributed by atoms with Crippen LogP contribution in [0.4, 0.5) is 0 Å². The summed E-state index contributed by atoms with van der Waals surface area (Å²) in [5.41, 5.74) is -0.367. The summed E-state index contributed by atoms with van der Waals surface area (Å²) in [7, 11) is 0. The molecule has 13 heavy (non-hydrogen) atoms. The monoisotopic (exact) mass is 183 g/mol. The standard InChI is InChI=1S/C11H21NO/c1-8-3-4-12-10(5-8)11(13)6-9(2)7-11/h8-10,12-13H,3-7H2,1-2H3. The highest BCUT2D eigenvalue weighted by Crippen LogP contribution is 2.42. The molecule has 2 N–H and O–H groups in total. The fourth-order valence-corrected chi connectivity index (χ4v) is 2.95. The van der Waals surface area contributed by atoms with E-state index in [9.17, 15) is 5.11 Å². The average molecular weight is 183 g/mol. The minimum Gasteiger partial charge on any atom is -0.388 e. The fraction of sp³-hybridized carbons (Fsp3) is 1.00. The van der Waals surface area contributed by atoms with Gasteiger partial charge in [0, 0.05) is 6.04 Å². The fourth-order valence-electron chi connectivity index (χ4n) is 2.95. The lowest BCUT2D eigenvalue weighted by Crippen LogP contribution is -2.60. The molecule has 1 aliphatic heterocycles. The quantitative estimate of drug-likeness (QED) is 0.646. The Balaban J connectivity index is 1.92. The number of rotatable bonds is 1. The molecule has 2 rings (SSSR count). The van der Waals surface area contributed by atoms with Gasteiger partial charge in [-0.3, -0.25) is 0 Å². The van der Waals surface area contributed by atoms with E-state index >= 15 is 0 Å². The smallest absolute Gasteiger partial charge is 0.0805 e. The van der Waals surface area contributed by atoms with Crippen LogP contribution in [0.2, 0.25) is 0 Å². The Morgan fingerprint density at radius 3 is 2.46 bits per heavy atom. The maximum Gasteiger partial charge on any atom is 0.0805 e. The third-order valence-corrected chi connectivity index (χ3v) is 3.72. The van der Waals surface area contributed by atoms with Gasteiger partial charge in [-0.2, -0.15) is 0 Å². The molecule has 2 heteroatoms. The molecule has 2 unspecified atom stereocenters. The van der Waals surface area contributed by atoms with Crippen molar-refractivity contribution in [1.82, 2.24) is 5.32 Å². The zero-order valence-electron chi connectivity index (χ0n) is 8.71. The van der Waals surface area contributed by atoms with Crippen molar-refractivity contribution in [3.05, 3.63) is 0 Å². The van der Waals surface area contributed by atoms with E-state index in [0.29, 0.717) is 6.04 Å². The van der Waals surface area contributed by atoms with Crippen molar-refractivity contribution in [1.29, 1.82) is 0 Å². The largest absolute Gasteiger partial charge is 0.388 e. The van der Waals surface area contributed by atoms with Gasteiger partial charge >= 0.3 is 0 Å². The molecule has 0 aromatic rings. The first kappa shape index (κ1) is 9.47. The van der Waals surface area contributed by atoms with E-state index in [-0.39, 0.29) is 5.60 Å². The molecule has 0 aromatic heterocycles. The number of piperidine rings is 1. The Labute approximate surface area is 80.7 Å². The molecule has 2 nitrogen and oxygen atoms in total. The Hall–Kier alpha value is -0.0800. The second kappa shape index (κ2) is 3.25. The third-order valence-electron chi connectivity index (χ3n) is 3.72. The highest BCUT2D eigenvalue weighted by molar-refractivity contribution is 5.02. The van der Waals surface area contributed by atoms with Crippen LogP contribution in [0.1, 0.15) is 39.5 Å². The van der Waals surface area contributed by atoms with Gasteiger partial charge in [0.05, 0.1) is 5.60 Å². The molecule has 2 fully saturated rings. The molecular formula is C11H21NO. The van der Waals surface area contributed by atoms with Crippen LogP contribution < -0.4 is 5.32 Å². The highest BCUT2D eigenvalue weighted by Gasteiger charge is 2.47. The lowest BCUT2D eigenvalue weighted by Gasteiger charge is -2.49. The molecule has 1 heterocycles. The van der Waals surface area contributed by atoms with Gasteiger partial charge in [-0.05, 0) is 44.1 Å². The Morgan fingerprint density at radius 1 is 1.23 bits per heavy atom. The van der Waals surface area contributed by atoms with Crippen LogP contribution >= 0.6 is 0 Å². The van der Waals surface area contributed by atoms with Gasteiger partial charge in [-0.15, -0.1) is 0 Å². The summed E-state index contributed by atoms with van der Waals surface area (Å²) in [6.07, 6.45) is 4.42. The molecule has 0 aromatic carbocycles. The second-order valence-corrected chi connectivity index (χ2v) is 5.25. The van der Waals surface area contributed by atoms with Crippen LogP contribution in [-0.2, 0) is 0 Å². The van der Waals surface area contributed by atoms with E-state index in [1.165, 1.54) is 6.42 Å². The minimum absolute atomic E-state index is 0.367. The first-order valence-electron chi connectivity index (χ1n) is 5.56. The van der Waals surface area contributed by atoms with Crippen LogP contribution in [0.15, 0.2) is 0 Å². The van der Waals surface area contributed by atoms with Crippen molar-refractivity contribution < 1.29 is 5.11 Å². The maximum atomic E-state index is 10.3. The number of hydrogen-bond donors (Lipinski definition) is 2. The summed E-state index contributed by atoms with van der Waals surface area (Å²) in [4.78, 5) is 0. The first-order chi connectivity index (χ1) is 6.10. The van der Waals surface area contributed by atoms with Crippen molar-refractivity contribution in [2.24, 2.45) is 11.8 Å². The summed E-state index contributed by atoms with van der Waals surface area (Å²) < 4.78 is 0. The predicted molar refractivity (Wildman–Crippen MR) is 53.5 cm³/mol. The number of hydrogen-bond acceptors (Lipinski definition) is 2. The van der Waals surface area contributed by atoms with Crippen LogP contribution in [-0.4, -0.2) is 23.3 Å². The Bertz CT molecular complexity index is 187. The lowest BCUT2D eigenvalue weighted by molar-refractivity contribution is -0.104. The Morgan fingerprint density at radius 2 is 1.92 bits per heavy atom. The van der Waals surface area contributed by atoms with Crippen LogP contribution in [0.25, 0.3) is 0 Å². The average Bonchev–Trinajstić information content (AvgIpc) is 2.02. The van der Waals surface area contributed by atoms with Crippen LogP contribution in [0.3, 0.4) is 0 Å². The molecule has 1 saturated carbocycles. The molecule has 2 aliphatic rings. The van der Waals surface area contributed by atoms with Gasteiger partial charge in [0.2, 0.25) is 0 Å². The number of aliphatic hydroxyl groups is 1. The zero-order chi connectivity index (χ0) is 9.47. The van der Waals surface area contributed by atoms with Gasteiger partial charge in [0.1, 0.15) is 0 Å². The molecule has 0 radical (unpaired) electrons. The van der Waals surface area contributed by atoms with Crippen LogP contribution in [0, 0.1) is 11.8 Å². The van der Waals surface area contributed by atoms with Gasteiger partial charge in [0.25, 0.3) is 0 Å². The van der Waals surface area contributed by atoms with E-state index in [1.807, 2.05) is 0 Å². The number of nitrogens with one attached hydrogen (secondary N) is 1. The van der Waals surface area contributed by atoms with E-state index in [2.05, 4.69) is 19.2 Å². The summed E-state index contributed by atoms with van der Waals surface area (Å²) in [6, 6.07) is 0.368. The molecule has 2 atom stereocenters. The van der Waals surface area contributed by atoms with E-state index in [0.717, 1.165) is 37.6 Å². The normalized spacial score (nSPS) is 51.5. The highest BCUT2D eigenvalue weighted by atomic mass is 16.3. The van der Waals surface area contributed by atoms with E-state index in [4.69, 9.17) is 0 Å². The molecule has 1 saturated heterocycles. The summed E-state index contributed by atoms with van der Waals surface area (Å²) >= 11 is 0. The van der Waals surface area contributed by atoms with Gasteiger partial charge < -0.3 is 10.4 Å². The molecule has 76 valence electrons. The second-order valence-electron chi connectivity index (χ2n) is 5.25. The Kier molecular flexibility index (Phi) is 2.37. The zero-order valence-corrected chi connectivity index (χ0v) is 8.71. The van der Waals surface area contributed by atoms with Gasteiger partial charge in [-0.25, -0.2) is 0 Å². The van der Waals surface area contributed by atoms with Crippen LogP contribution in [0.5, 0.6) is 0 Å². The minimum atomic E-state index is -0.367. The lowest BCUT2D eigenvalue weighted by atomic mass is 9.65. The van der Waals surface area contributed by atoms with E-state index < -0.39 is 0 Å². The summed E-state index contributed by atoms with van der Waals surface area (Å²) in [5.74, 6) is 1.51. The molecule has 0 bridgehead atoms. The third kappa shape index (κ3) is 1.75. The first-order valence-corrected chi connectivity index (χ1v) is 5.56. The SMILES string of the molecule is CC1CCNC(C2(O)CC(C)C2)C1. The van der Waals surface area contributed by atoms with Crippen molar-refractivity contribution in [2.45, 2.75) is 51.2 Å².